The van der Waals surface area contributed by atoms with Crippen LogP contribution < -0.4 is 10.2 Å². The summed E-state index contributed by atoms with van der Waals surface area (Å²) >= 11 is 0. The first kappa shape index (κ1) is 17.3. The Morgan fingerprint density at radius 1 is 1.36 bits per heavy atom. The van der Waals surface area contributed by atoms with Crippen LogP contribution in [0.1, 0.15) is 37.7 Å². The van der Waals surface area contributed by atoms with Crippen LogP contribution in [-0.2, 0) is 14.3 Å². The van der Waals surface area contributed by atoms with Gasteiger partial charge in [-0.2, -0.15) is 0 Å². The molecule has 25 heavy (non-hydrogen) atoms. The Labute approximate surface area is 143 Å². The maximum absolute atomic E-state index is 14.5. The Morgan fingerprint density at radius 3 is 2.76 bits per heavy atom. The van der Waals surface area contributed by atoms with Crippen LogP contribution in [-0.4, -0.2) is 41.8 Å². The predicted octanol–water partition coefficient (Wildman–Crippen LogP) is 1.44. The van der Waals surface area contributed by atoms with E-state index in [9.17, 15) is 23.9 Å². The van der Waals surface area contributed by atoms with Crippen LogP contribution in [0, 0.1) is 5.82 Å². The standard InChI is InChI=1S/C17H19FN2O5/c1-9(21)19-16-8-20(17(24)25-16)11-3-4-12(13(18)7-11)10-2-5-14(22)15(23)6-10/h3-4,7,10,14,16,22H,2,5-6,8H2,1H3,(H,19,21). The number of ether oxygens (including phenoxy) is 1. The number of halogens is 1. The average Bonchev–Trinajstić information content (AvgIpc) is 2.89. The lowest BCUT2D eigenvalue weighted by Gasteiger charge is -2.25. The molecule has 1 aliphatic carbocycles. The van der Waals surface area contributed by atoms with Gasteiger partial charge in [-0.3, -0.25) is 14.5 Å². The van der Waals surface area contributed by atoms with Crippen molar-refractivity contribution >= 4 is 23.5 Å². The van der Waals surface area contributed by atoms with Gasteiger partial charge in [0.25, 0.3) is 0 Å². The zero-order valence-electron chi connectivity index (χ0n) is 13.7. The van der Waals surface area contributed by atoms with E-state index in [-0.39, 0.29) is 30.6 Å². The third-order valence-corrected chi connectivity index (χ3v) is 4.52. The molecule has 0 radical (unpaired) electrons. The summed E-state index contributed by atoms with van der Waals surface area (Å²) in [6, 6.07) is 4.37. The van der Waals surface area contributed by atoms with Crippen LogP contribution in [0.3, 0.4) is 0 Å². The molecule has 3 rings (SSSR count). The van der Waals surface area contributed by atoms with Gasteiger partial charge in [0.1, 0.15) is 11.9 Å². The molecule has 0 bridgehead atoms. The van der Waals surface area contributed by atoms with Crippen molar-refractivity contribution in [3.8, 4) is 0 Å². The first-order valence-electron chi connectivity index (χ1n) is 8.10. The Balaban J connectivity index is 1.75. The van der Waals surface area contributed by atoms with E-state index >= 15 is 0 Å². The fourth-order valence-electron chi connectivity index (χ4n) is 3.26. The van der Waals surface area contributed by atoms with Gasteiger partial charge in [-0.25, -0.2) is 9.18 Å². The highest BCUT2D eigenvalue weighted by atomic mass is 19.1. The van der Waals surface area contributed by atoms with E-state index in [0.29, 0.717) is 24.1 Å². The lowest BCUT2D eigenvalue weighted by Crippen LogP contribution is -2.36. The van der Waals surface area contributed by atoms with E-state index in [1.807, 2.05) is 0 Å². The molecule has 3 unspecified atom stereocenters. The molecule has 2 amide bonds. The van der Waals surface area contributed by atoms with Crippen LogP contribution in [0.2, 0.25) is 0 Å². The zero-order chi connectivity index (χ0) is 18.1. The monoisotopic (exact) mass is 350 g/mol. The Kier molecular flexibility index (Phi) is 4.71. The normalized spacial score (nSPS) is 26.5. The number of aliphatic hydroxyl groups excluding tert-OH is 1. The highest BCUT2D eigenvalue weighted by Crippen LogP contribution is 2.34. The minimum atomic E-state index is -0.955. The van der Waals surface area contributed by atoms with Crippen molar-refractivity contribution in [1.82, 2.24) is 5.32 Å². The second-order valence-electron chi connectivity index (χ2n) is 6.35. The smallest absolute Gasteiger partial charge is 0.416 e. The third-order valence-electron chi connectivity index (χ3n) is 4.52. The Bertz CT molecular complexity index is 723. The Morgan fingerprint density at radius 2 is 2.12 bits per heavy atom. The lowest BCUT2D eigenvalue weighted by atomic mass is 9.82. The molecular formula is C17H19FN2O5. The van der Waals surface area contributed by atoms with E-state index in [1.165, 1.54) is 17.9 Å². The molecule has 1 saturated heterocycles. The SMILES string of the molecule is CC(=O)NC1CN(c2ccc(C3CCC(O)C(=O)C3)c(F)c2)C(=O)O1. The summed E-state index contributed by atoms with van der Waals surface area (Å²) < 4.78 is 19.5. The number of benzene rings is 1. The van der Waals surface area contributed by atoms with Crippen molar-refractivity contribution in [2.45, 2.75) is 44.4 Å². The fourth-order valence-corrected chi connectivity index (χ4v) is 3.26. The molecule has 1 saturated carbocycles. The average molecular weight is 350 g/mol. The molecule has 1 aromatic carbocycles. The molecule has 1 heterocycles. The van der Waals surface area contributed by atoms with Gasteiger partial charge in [-0.15, -0.1) is 0 Å². The predicted molar refractivity (Wildman–Crippen MR) is 85.4 cm³/mol. The summed E-state index contributed by atoms with van der Waals surface area (Å²) in [6.45, 7) is 1.40. The second kappa shape index (κ2) is 6.79. The van der Waals surface area contributed by atoms with Gasteiger partial charge >= 0.3 is 6.09 Å². The number of hydrogen-bond donors (Lipinski definition) is 2. The van der Waals surface area contributed by atoms with Crippen molar-refractivity contribution < 1.29 is 28.6 Å². The van der Waals surface area contributed by atoms with Crippen LogP contribution in [0.5, 0.6) is 0 Å². The van der Waals surface area contributed by atoms with E-state index in [4.69, 9.17) is 4.74 Å². The number of aliphatic hydroxyl groups is 1. The molecule has 0 spiro atoms. The van der Waals surface area contributed by atoms with E-state index in [2.05, 4.69) is 5.32 Å². The number of nitrogens with one attached hydrogen (secondary N) is 1. The number of amides is 2. The van der Waals surface area contributed by atoms with Crippen LogP contribution >= 0.6 is 0 Å². The van der Waals surface area contributed by atoms with Gasteiger partial charge in [0.15, 0.2) is 12.0 Å². The number of nitrogens with zero attached hydrogens (tertiary/aromatic N) is 1. The van der Waals surface area contributed by atoms with E-state index in [0.717, 1.165) is 0 Å². The maximum Gasteiger partial charge on any atom is 0.416 e. The molecule has 7 nitrogen and oxygen atoms in total. The van der Waals surface area contributed by atoms with Gasteiger partial charge in [0.2, 0.25) is 5.91 Å². The van der Waals surface area contributed by atoms with Crippen LogP contribution in [0.4, 0.5) is 14.9 Å². The number of Topliss-reactive ketones (excluding diaryl/α,β-unsaturated/α-hetero) is 1. The quantitative estimate of drug-likeness (QED) is 0.860. The van der Waals surface area contributed by atoms with Crippen molar-refractivity contribution in [3.05, 3.63) is 29.6 Å². The number of cyclic esters (lactones) is 1. The molecule has 0 aromatic heterocycles. The van der Waals surface area contributed by atoms with Gasteiger partial charge in [-0.05, 0) is 36.5 Å². The molecule has 1 aliphatic heterocycles. The minimum absolute atomic E-state index is 0.0886. The fraction of sp³-hybridized carbons (Fsp3) is 0.471. The van der Waals surface area contributed by atoms with Gasteiger partial charge in [0, 0.05) is 13.3 Å². The zero-order valence-corrected chi connectivity index (χ0v) is 13.7. The van der Waals surface area contributed by atoms with E-state index < -0.39 is 24.2 Å². The summed E-state index contributed by atoms with van der Waals surface area (Å²) in [5.74, 6) is -1.39. The van der Waals surface area contributed by atoms with Crippen molar-refractivity contribution in [2.24, 2.45) is 0 Å². The first-order chi connectivity index (χ1) is 11.8. The Hall–Kier alpha value is -2.48. The largest absolute Gasteiger partial charge is 0.423 e. The first-order valence-corrected chi connectivity index (χ1v) is 8.10. The molecule has 2 fully saturated rings. The van der Waals surface area contributed by atoms with Gasteiger partial charge in [0.05, 0.1) is 12.2 Å². The number of ketones is 1. The molecule has 2 N–H and O–H groups in total. The van der Waals surface area contributed by atoms with E-state index in [1.54, 1.807) is 12.1 Å². The summed E-state index contributed by atoms with van der Waals surface area (Å²) in [6.07, 6.45) is -1.44. The molecule has 1 aromatic rings. The van der Waals surface area contributed by atoms with Crippen LogP contribution in [0.15, 0.2) is 18.2 Å². The van der Waals surface area contributed by atoms with Crippen molar-refractivity contribution in [1.29, 1.82) is 0 Å². The number of hydrogen-bond acceptors (Lipinski definition) is 5. The second-order valence-corrected chi connectivity index (χ2v) is 6.35. The summed E-state index contributed by atoms with van der Waals surface area (Å²) in [5, 5.41) is 12.0. The van der Waals surface area contributed by atoms with Crippen LogP contribution in [0.25, 0.3) is 0 Å². The maximum atomic E-state index is 14.5. The van der Waals surface area contributed by atoms with Gasteiger partial charge in [-0.1, -0.05) is 6.07 Å². The highest BCUT2D eigenvalue weighted by Gasteiger charge is 2.34. The molecule has 2 aliphatic rings. The topological polar surface area (TPSA) is 95.9 Å². The highest BCUT2D eigenvalue weighted by molar-refractivity contribution is 5.90. The molecular weight excluding hydrogens is 331 g/mol. The molecule has 134 valence electrons. The number of carbonyl (C=O) groups is 3. The number of anilines is 1. The number of carbonyl (C=O) groups excluding carboxylic acids is 3. The lowest BCUT2D eigenvalue weighted by molar-refractivity contribution is -0.129. The van der Waals surface area contributed by atoms with Crippen molar-refractivity contribution in [3.63, 3.8) is 0 Å². The third kappa shape index (κ3) is 3.63. The number of rotatable bonds is 3. The summed E-state index contributed by atoms with van der Waals surface area (Å²) in [5.41, 5.74) is 0.719. The molecule has 8 heteroatoms. The minimum Gasteiger partial charge on any atom is -0.423 e. The van der Waals surface area contributed by atoms with Gasteiger partial charge < -0.3 is 15.2 Å². The van der Waals surface area contributed by atoms with Crippen molar-refractivity contribution in [2.75, 3.05) is 11.4 Å². The summed E-state index contributed by atoms with van der Waals surface area (Å²) in [4.78, 5) is 35.8. The summed E-state index contributed by atoms with van der Waals surface area (Å²) in [7, 11) is 0. The molecule has 3 atom stereocenters.